The average molecular weight is 357 g/mol. The highest BCUT2D eigenvalue weighted by Crippen LogP contribution is 2.30. The van der Waals surface area contributed by atoms with Gasteiger partial charge in [0, 0.05) is 7.05 Å². The summed E-state index contributed by atoms with van der Waals surface area (Å²) in [6, 6.07) is 1.62. The van der Waals surface area contributed by atoms with Crippen molar-refractivity contribution < 1.29 is 17.9 Å². The second-order valence-electron chi connectivity index (χ2n) is 5.07. The van der Waals surface area contributed by atoms with Crippen LogP contribution in [-0.4, -0.2) is 30.8 Å². The molecule has 126 valence electrons. The van der Waals surface area contributed by atoms with Crippen LogP contribution in [0.2, 0.25) is 0 Å². The van der Waals surface area contributed by atoms with E-state index in [-0.39, 0.29) is 11.5 Å². The van der Waals surface area contributed by atoms with Crippen LogP contribution in [0, 0.1) is 20.8 Å². The number of sulfonamides is 1. The lowest BCUT2D eigenvalue weighted by Crippen LogP contribution is -2.14. The van der Waals surface area contributed by atoms with Gasteiger partial charge in [0.2, 0.25) is 0 Å². The number of esters is 1. The van der Waals surface area contributed by atoms with Crippen molar-refractivity contribution in [3.8, 4) is 0 Å². The number of carbonyl (C=O) groups excluding carboxylic acids is 1. The number of thiophene rings is 1. The molecule has 9 heteroatoms. The van der Waals surface area contributed by atoms with Crippen LogP contribution in [0.3, 0.4) is 0 Å². The standard InChI is InChI=1S/C14H19N3O4S2/c1-6-21-14(18)12-8(2)7-11(22-12)16-23(19,20)13-9(3)15-17(5)10(13)4/h7,16H,6H2,1-5H3. The monoisotopic (exact) mass is 357 g/mol. The summed E-state index contributed by atoms with van der Waals surface area (Å²) in [5.41, 5.74) is 1.65. The Kier molecular flexibility index (Phi) is 4.81. The van der Waals surface area contributed by atoms with Gasteiger partial charge in [-0.3, -0.25) is 9.40 Å². The molecule has 0 aromatic carbocycles. The predicted molar refractivity (Wildman–Crippen MR) is 88.5 cm³/mol. The molecule has 0 aliphatic carbocycles. The van der Waals surface area contributed by atoms with Crippen LogP contribution in [0.15, 0.2) is 11.0 Å². The third-order valence-electron chi connectivity index (χ3n) is 3.32. The zero-order chi connectivity index (χ0) is 17.4. The average Bonchev–Trinajstić information content (AvgIpc) is 2.90. The molecule has 0 unspecified atom stereocenters. The third-order valence-corrected chi connectivity index (χ3v) is 6.20. The molecule has 0 aliphatic rings. The minimum absolute atomic E-state index is 0.156. The Labute approximate surface area is 139 Å². The molecule has 0 amide bonds. The molecular formula is C14H19N3O4S2. The minimum atomic E-state index is -3.77. The first kappa shape index (κ1) is 17.5. The highest BCUT2D eigenvalue weighted by atomic mass is 32.2. The van der Waals surface area contributed by atoms with Crippen LogP contribution in [0.1, 0.15) is 33.5 Å². The number of rotatable bonds is 5. The van der Waals surface area contributed by atoms with Crippen LogP contribution >= 0.6 is 11.3 Å². The number of hydrogen-bond donors (Lipinski definition) is 1. The van der Waals surface area contributed by atoms with Gasteiger partial charge in [0.25, 0.3) is 10.0 Å². The highest BCUT2D eigenvalue weighted by molar-refractivity contribution is 7.93. The van der Waals surface area contributed by atoms with E-state index < -0.39 is 16.0 Å². The summed E-state index contributed by atoms with van der Waals surface area (Å²) in [5.74, 6) is -0.450. The van der Waals surface area contributed by atoms with E-state index in [1.54, 1.807) is 40.8 Å². The molecule has 0 aliphatic heterocycles. The molecule has 0 spiro atoms. The Hall–Kier alpha value is -1.87. The quantitative estimate of drug-likeness (QED) is 0.830. The number of ether oxygens (including phenoxy) is 1. The SMILES string of the molecule is CCOC(=O)c1sc(NS(=O)(=O)c2c(C)nn(C)c2C)cc1C. The maximum Gasteiger partial charge on any atom is 0.348 e. The van der Waals surface area contributed by atoms with Gasteiger partial charge in [-0.05, 0) is 39.3 Å². The summed E-state index contributed by atoms with van der Waals surface area (Å²) in [6.07, 6.45) is 0. The van der Waals surface area contributed by atoms with Crippen molar-refractivity contribution in [2.24, 2.45) is 7.05 Å². The Morgan fingerprint density at radius 2 is 2.04 bits per heavy atom. The molecule has 0 radical (unpaired) electrons. The normalized spacial score (nSPS) is 11.5. The van der Waals surface area contributed by atoms with Crippen LogP contribution < -0.4 is 4.72 Å². The number of nitrogens with one attached hydrogen (secondary N) is 1. The van der Waals surface area contributed by atoms with Gasteiger partial charge >= 0.3 is 5.97 Å². The van der Waals surface area contributed by atoms with Crippen LogP contribution in [0.4, 0.5) is 5.00 Å². The second kappa shape index (κ2) is 6.32. The Morgan fingerprint density at radius 3 is 2.57 bits per heavy atom. The van der Waals surface area contributed by atoms with Gasteiger partial charge in [0.05, 0.1) is 18.0 Å². The molecule has 23 heavy (non-hydrogen) atoms. The van der Waals surface area contributed by atoms with E-state index in [1.165, 1.54) is 4.68 Å². The third kappa shape index (κ3) is 3.40. The summed E-state index contributed by atoms with van der Waals surface area (Å²) in [4.78, 5) is 12.4. The maximum atomic E-state index is 12.6. The van der Waals surface area contributed by atoms with E-state index in [9.17, 15) is 13.2 Å². The molecule has 0 atom stereocenters. The fraction of sp³-hybridized carbons (Fsp3) is 0.429. The largest absolute Gasteiger partial charge is 0.462 e. The van der Waals surface area contributed by atoms with Gasteiger partial charge in [-0.2, -0.15) is 5.10 Å². The summed E-state index contributed by atoms with van der Waals surface area (Å²) in [7, 11) is -2.08. The van der Waals surface area contributed by atoms with Gasteiger partial charge in [0.15, 0.2) is 0 Å². The Balaban J connectivity index is 2.35. The molecule has 0 saturated heterocycles. The lowest BCUT2D eigenvalue weighted by atomic mass is 10.3. The smallest absolute Gasteiger partial charge is 0.348 e. The zero-order valence-corrected chi connectivity index (χ0v) is 15.3. The van der Waals surface area contributed by atoms with E-state index in [1.807, 2.05) is 0 Å². The van der Waals surface area contributed by atoms with Gasteiger partial charge in [0.1, 0.15) is 14.8 Å². The number of carbonyl (C=O) groups is 1. The topological polar surface area (TPSA) is 90.3 Å². The molecule has 2 heterocycles. The number of anilines is 1. The summed E-state index contributed by atoms with van der Waals surface area (Å²) < 4.78 is 34.2. The lowest BCUT2D eigenvalue weighted by Gasteiger charge is -2.06. The number of aryl methyl sites for hydroxylation is 3. The minimum Gasteiger partial charge on any atom is -0.462 e. The van der Waals surface area contributed by atoms with Gasteiger partial charge < -0.3 is 4.74 Å². The van der Waals surface area contributed by atoms with Gasteiger partial charge in [-0.15, -0.1) is 11.3 Å². The molecule has 1 N–H and O–H groups in total. The number of hydrogen-bond acceptors (Lipinski definition) is 6. The molecule has 2 aromatic rings. The summed E-state index contributed by atoms with van der Waals surface area (Å²) in [6.45, 7) is 7.06. The summed E-state index contributed by atoms with van der Waals surface area (Å²) >= 11 is 1.06. The van der Waals surface area contributed by atoms with Gasteiger partial charge in [-0.25, -0.2) is 13.2 Å². The fourth-order valence-corrected chi connectivity index (χ4v) is 4.95. The van der Waals surface area contributed by atoms with E-state index >= 15 is 0 Å². The van der Waals surface area contributed by atoms with Crippen molar-refractivity contribution in [3.63, 3.8) is 0 Å². The summed E-state index contributed by atoms with van der Waals surface area (Å²) in [5, 5.41) is 4.49. The Bertz CT molecular complexity index is 850. The van der Waals surface area contributed by atoms with Crippen molar-refractivity contribution in [1.82, 2.24) is 9.78 Å². The van der Waals surface area contributed by atoms with E-state index in [4.69, 9.17) is 4.74 Å². The van der Waals surface area contributed by atoms with Crippen molar-refractivity contribution in [2.45, 2.75) is 32.6 Å². The molecule has 2 rings (SSSR count). The number of aromatic nitrogens is 2. The zero-order valence-electron chi connectivity index (χ0n) is 13.6. The van der Waals surface area contributed by atoms with Crippen molar-refractivity contribution in [2.75, 3.05) is 11.3 Å². The van der Waals surface area contributed by atoms with Crippen molar-refractivity contribution in [1.29, 1.82) is 0 Å². The molecule has 0 bridgehead atoms. The van der Waals surface area contributed by atoms with E-state index in [0.717, 1.165) is 11.3 Å². The Morgan fingerprint density at radius 1 is 1.39 bits per heavy atom. The number of nitrogens with zero attached hydrogens (tertiary/aromatic N) is 2. The molecule has 0 saturated carbocycles. The lowest BCUT2D eigenvalue weighted by molar-refractivity contribution is 0.0531. The first-order chi connectivity index (χ1) is 10.7. The van der Waals surface area contributed by atoms with E-state index in [0.29, 0.717) is 26.8 Å². The first-order valence-corrected chi connectivity index (χ1v) is 9.28. The van der Waals surface area contributed by atoms with Gasteiger partial charge in [-0.1, -0.05) is 0 Å². The van der Waals surface area contributed by atoms with Crippen LogP contribution in [0.25, 0.3) is 0 Å². The fourth-order valence-electron chi connectivity index (χ4n) is 2.26. The predicted octanol–water partition coefficient (Wildman–Crippen LogP) is 2.38. The maximum absolute atomic E-state index is 12.6. The van der Waals surface area contributed by atoms with E-state index in [2.05, 4.69) is 9.82 Å². The molecular weight excluding hydrogens is 338 g/mol. The molecule has 0 fully saturated rings. The second-order valence-corrected chi connectivity index (χ2v) is 7.74. The van der Waals surface area contributed by atoms with Crippen molar-refractivity contribution >= 4 is 32.3 Å². The van der Waals surface area contributed by atoms with Crippen molar-refractivity contribution in [3.05, 3.63) is 27.9 Å². The highest BCUT2D eigenvalue weighted by Gasteiger charge is 2.25. The van der Waals surface area contributed by atoms with Crippen LogP contribution in [-0.2, 0) is 21.8 Å². The molecule has 2 aromatic heterocycles. The van der Waals surface area contributed by atoms with Crippen LogP contribution in [0.5, 0.6) is 0 Å². The molecule has 7 nitrogen and oxygen atoms in total. The first-order valence-electron chi connectivity index (χ1n) is 6.98.